The van der Waals surface area contributed by atoms with Gasteiger partial charge in [0.1, 0.15) is 35.5 Å². The van der Waals surface area contributed by atoms with Crippen molar-refractivity contribution in [3.05, 3.63) is 24.3 Å². The first kappa shape index (κ1) is 25.5. The highest BCUT2D eigenvalue weighted by Gasteiger charge is 2.28. The van der Waals surface area contributed by atoms with Gasteiger partial charge in [-0.2, -0.15) is 23.3 Å². The summed E-state index contributed by atoms with van der Waals surface area (Å²) in [4.78, 5) is 20.0. The summed E-state index contributed by atoms with van der Waals surface area (Å²) in [6.07, 6.45) is 0.940. The maximum absolute atomic E-state index is 12.6. The maximum Gasteiger partial charge on any atom is 0.411 e. The van der Waals surface area contributed by atoms with Crippen molar-refractivity contribution in [3.8, 4) is 0 Å². The van der Waals surface area contributed by atoms with Crippen LogP contribution in [0.3, 0.4) is 0 Å². The van der Waals surface area contributed by atoms with Gasteiger partial charge in [-0.1, -0.05) is 0 Å². The van der Waals surface area contributed by atoms with Crippen molar-refractivity contribution in [2.24, 2.45) is 5.92 Å². The lowest BCUT2D eigenvalue weighted by Gasteiger charge is -2.32. The molecule has 2 N–H and O–H groups in total. The summed E-state index contributed by atoms with van der Waals surface area (Å²) in [5.41, 5.74) is 1.73. The number of rotatable bonds is 11. The van der Waals surface area contributed by atoms with E-state index in [4.69, 9.17) is 19.4 Å². The van der Waals surface area contributed by atoms with Crippen LogP contribution in [0.15, 0.2) is 18.6 Å². The van der Waals surface area contributed by atoms with Crippen LogP contribution < -0.4 is 15.5 Å². The zero-order chi connectivity index (χ0) is 25.8. The Morgan fingerprint density at radius 1 is 1.22 bits per heavy atom. The fraction of sp³-hybridized carbons (Fsp3) is 0.609. The summed E-state index contributed by atoms with van der Waals surface area (Å²) < 4.78 is 50.1. The molecule has 3 aromatic heterocycles. The van der Waals surface area contributed by atoms with Crippen molar-refractivity contribution in [1.29, 1.82) is 0 Å². The van der Waals surface area contributed by atoms with E-state index >= 15 is 0 Å². The van der Waals surface area contributed by atoms with Crippen LogP contribution in [0.25, 0.3) is 11.0 Å². The Morgan fingerprint density at radius 2 is 2.08 bits per heavy atom. The standard InChI is InChI=1S/C23H30F3N9O2/c1-15-10-34(7-6-28-15)22-31-19-17(12-37-11-16-2-3-16)33-35(8-9-36-13-23(24,25)26)20(19)21(32-22)30-18-4-5-27-14-29-18/h4-5,14-16,28H,2-3,6-13H2,1H3,(H,27,29,30,31,32). The predicted octanol–water partition coefficient (Wildman–Crippen LogP) is 2.66. The minimum absolute atomic E-state index is 0.0844. The smallest absolute Gasteiger partial charge is 0.375 e. The summed E-state index contributed by atoms with van der Waals surface area (Å²) in [6, 6.07) is 1.97. The molecule has 1 atom stereocenters. The average Bonchev–Trinajstić information content (AvgIpc) is 3.62. The molecule has 0 radical (unpaired) electrons. The topological polar surface area (TPSA) is 115 Å². The van der Waals surface area contributed by atoms with Crippen molar-refractivity contribution in [2.75, 3.05) is 49.7 Å². The molecule has 4 heterocycles. The lowest BCUT2D eigenvalue weighted by Crippen LogP contribution is -2.49. The molecule has 2 aliphatic rings. The zero-order valence-electron chi connectivity index (χ0n) is 20.5. The number of hydrogen-bond donors (Lipinski definition) is 2. The second kappa shape index (κ2) is 11.1. The van der Waals surface area contributed by atoms with Crippen LogP contribution in [0.1, 0.15) is 25.5 Å². The maximum atomic E-state index is 12.6. The second-order valence-electron chi connectivity index (χ2n) is 9.39. The van der Waals surface area contributed by atoms with Crippen molar-refractivity contribution in [1.82, 2.24) is 35.0 Å². The van der Waals surface area contributed by atoms with E-state index in [0.717, 1.165) is 32.5 Å². The van der Waals surface area contributed by atoms with Crippen LogP contribution in [0.2, 0.25) is 0 Å². The molecule has 2 fully saturated rings. The number of ether oxygens (including phenoxy) is 2. The van der Waals surface area contributed by atoms with Gasteiger partial charge >= 0.3 is 6.18 Å². The minimum Gasteiger partial charge on any atom is -0.375 e. The highest BCUT2D eigenvalue weighted by atomic mass is 19.4. The van der Waals surface area contributed by atoms with Gasteiger partial charge in [0.2, 0.25) is 5.95 Å². The molecule has 11 nitrogen and oxygen atoms in total. The summed E-state index contributed by atoms with van der Waals surface area (Å²) in [5.74, 6) is 2.07. The molecule has 5 rings (SSSR count). The molecule has 1 saturated carbocycles. The Hall–Kier alpha value is -3.10. The van der Waals surface area contributed by atoms with Gasteiger partial charge in [-0.25, -0.2) is 15.0 Å². The largest absolute Gasteiger partial charge is 0.411 e. The number of aromatic nitrogens is 6. The van der Waals surface area contributed by atoms with E-state index in [0.29, 0.717) is 46.8 Å². The number of piperazine rings is 1. The zero-order valence-corrected chi connectivity index (χ0v) is 20.5. The van der Waals surface area contributed by atoms with Crippen LogP contribution in [-0.2, 0) is 22.6 Å². The van der Waals surface area contributed by atoms with Gasteiger partial charge in [0, 0.05) is 38.5 Å². The third-order valence-electron chi connectivity index (χ3n) is 6.13. The fourth-order valence-electron chi connectivity index (χ4n) is 4.17. The van der Waals surface area contributed by atoms with Gasteiger partial charge in [0.15, 0.2) is 5.82 Å². The van der Waals surface area contributed by atoms with Gasteiger partial charge in [0.05, 0.1) is 19.8 Å². The monoisotopic (exact) mass is 521 g/mol. The number of fused-ring (bicyclic) bond motifs is 1. The van der Waals surface area contributed by atoms with E-state index in [-0.39, 0.29) is 25.8 Å². The Labute approximate surface area is 211 Å². The van der Waals surface area contributed by atoms with E-state index in [1.807, 2.05) is 0 Å². The van der Waals surface area contributed by atoms with Gasteiger partial charge in [-0.05, 0) is 31.7 Å². The molecule has 1 aliphatic carbocycles. The third kappa shape index (κ3) is 6.81. The molecule has 1 aliphatic heterocycles. The molecule has 0 spiro atoms. The Bertz CT molecular complexity index is 1190. The Kier molecular flexibility index (Phi) is 7.67. The van der Waals surface area contributed by atoms with Crippen LogP contribution >= 0.6 is 0 Å². The van der Waals surface area contributed by atoms with Gasteiger partial charge in [0.25, 0.3) is 0 Å². The Morgan fingerprint density at radius 3 is 2.81 bits per heavy atom. The summed E-state index contributed by atoms with van der Waals surface area (Å²) in [5, 5.41) is 11.3. The van der Waals surface area contributed by atoms with Crippen LogP contribution in [0, 0.1) is 5.92 Å². The third-order valence-corrected chi connectivity index (χ3v) is 6.13. The van der Waals surface area contributed by atoms with Crippen molar-refractivity contribution in [3.63, 3.8) is 0 Å². The summed E-state index contributed by atoms with van der Waals surface area (Å²) >= 11 is 0. The number of hydrogen-bond acceptors (Lipinski definition) is 10. The second-order valence-corrected chi connectivity index (χ2v) is 9.39. The minimum atomic E-state index is -4.40. The number of halogens is 3. The normalized spacial score (nSPS) is 18.5. The first-order chi connectivity index (χ1) is 17.9. The Balaban J connectivity index is 1.51. The lowest BCUT2D eigenvalue weighted by atomic mass is 10.2. The molecule has 1 saturated heterocycles. The number of alkyl halides is 3. The van der Waals surface area contributed by atoms with Crippen LogP contribution in [-0.4, -0.2) is 81.4 Å². The average molecular weight is 522 g/mol. The van der Waals surface area contributed by atoms with Crippen LogP contribution in [0.5, 0.6) is 0 Å². The van der Waals surface area contributed by atoms with E-state index in [9.17, 15) is 13.2 Å². The molecule has 0 amide bonds. The van der Waals surface area contributed by atoms with Gasteiger partial charge < -0.3 is 25.0 Å². The quantitative estimate of drug-likeness (QED) is 0.365. The highest BCUT2D eigenvalue weighted by molar-refractivity contribution is 5.90. The molecule has 0 aromatic carbocycles. The molecule has 1 unspecified atom stereocenters. The molecule has 14 heteroatoms. The molecular formula is C23H30F3N9O2. The van der Waals surface area contributed by atoms with Crippen LogP contribution in [0.4, 0.5) is 30.8 Å². The number of nitrogens with zero attached hydrogens (tertiary/aromatic N) is 7. The van der Waals surface area contributed by atoms with Crippen molar-refractivity contribution < 1.29 is 22.6 Å². The van der Waals surface area contributed by atoms with Gasteiger partial charge in [-0.3, -0.25) is 4.68 Å². The number of anilines is 3. The molecule has 3 aromatic rings. The predicted molar refractivity (Wildman–Crippen MR) is 130 cm³/mol. The van der Waals surface area contributed by atoms with E-state index < -0.39 is 12.8 Å². The lowest BCUT2D eigenvalue weighted by molar-refractivity contribution is -0.174. The van der Waals surface area contributed by atoms with Crippen molar-refractivity contribution >= 4 is 28.6 Å². The van der Waals surface area contributed by atoms with E-state index in [1.165, 1.54) is 6.33 Å². The van der Waals surface area contributed by atoms with E-state index in [1.54, 1.807) is 16.9 Å². The summed E-state index contributed by atoms with van der Waals surface area (Å²) in [6.45, 7) is 3.82. The first-order valence-corrected chi connectivity index (χ1v) is 12.4. The fourth-order valence-corrected chi connectivity index (χ4v) is 4.17. The molecule has 0 bridgehead atoms. The molecule has 37 heavy (non-hydrogen) atoms. The molecular weight excluding hydrogens is 491 g/mol. The first-order valence-electron chi connectivity index (χ1n) is 12.4. The SMILES string of the molecule is CC1CN(c2nc(Nc3ccncn3)c3c(n2)c(COCC2CC2)nn3CCOCC(F)(F)F)CCN1. The van der Waals surface area contributed by atoms with Crippen molar-refractivity contribution in [2.45, 2.75) is 45.1 Å². The highest BCUT2D eigenvalue weighted by Crippen LogP contribution is 2.31. The van der Waals surface area contributed by atoms with Gasteiger partial charge in [-0.15, -0.1) is 0 Å². The molecule has 200 valence electrons. The summed E-state index contributed by atoms with van der Waals surface area (Å²) in [7, 11) is 0. The number of nitrogens with one attached hydrogen (secondary N) is 2. The van der Waals surface area contributed by atoms with E-state index in [2.05, 4.69) is 37.5 Å².